The summed E-state index contributed by atoms with van der Waals surface area (Å²) in [4.78, 5) is 5.84. The first-order valence-electron chi connectivity index (χ1n) is 7.19. The Hall–Kier alpha value is -1.40. The van der Waals surface area contributed by atoms with Gasteiger partial charge in [0.1, 0.15) is 0 Å². The minimum atomic E-state index is 0.301. The zero-order valence-corrected chi connectivity index (χ0v) is 12.3. The molecule has 2 unspecified atom stereocenters. The Morgan fingerprint density at radius 2 is 2.40 bits per heavy atom. The topological polar surface area (TPSA) is 52.0 Å². The molecule has 0 amide bonds. The molecule has 0 spiro atoms. The molecule has 1 fully saturated rings. The number of aryl methyl sites for hydroxylation is 1. The number of rotatable bonds is 2. The van der Waals surface area contributed by atoms with E-state index in [4.69, 9.17) is 9.84 Å². The Bertz CT molecular complexity index is 614. The second kappa shape index (κ2) is 4.86. The van der Waals surface area contributed by atoms with Crippen LogP contribution in [-0.2, 0) is 4.74 Å². The lowest BCUT2D eigenvalue weighted by molar-refractivity contribution is 0.0591. The van der Waals surface area contributed by atoms with Crippen LogP contribution in [0.5, 0.6) is 0 Å². The summed E-state index contributed by atoms with van der Waals surface area (Å²) in [6.07, 6.45) is 3.66. The van der Waals surface area contributed by atoms with Gasteiger partial charge in [-0.15, -0.1) is 16.4 Å². The second-order valence-corrected chi connectivity index (χ2v) is 6.39. The van der Waals surface area contributed by atoms with Gasteiger partial charge in [0, 0.05) is 13.2 Å². The van der Waals surface area contributed by atoms with Gasteiger partial charge in [0.15, 0.2) is 5.82 Å². The van der Waals surface area contributed by atoms with Gasteiger partial charge in [-0.2, -0.15) is 4.98 Å². The molecule has 4 rings (SSSR count). The van der Waals surface area contributed by atoms with E-state index < -0.39 is 0 Å². The normalized spacial score (nSPS) is 25.4. The molecule has 20 heavy (non-hydrogen) atoms. The van der Waals surface area contributed by atoms with E-state index in [0.29, 0.717) is 12.1 Å². The van der Waals surface area contributed by atoms with Crippen molar-refractivity contribution >= 4 is 17.3 Å². The van der Waals surface area contributed by atoms with Gasteiger partial charge in [0.05, 0.1) is 17.0 Å². The molecule has 0 saturated carbocycles. The van der Waals surface area contributed by atoms with Crippen molar-refractivity contribution in [3.05, 3.63) is 17.0 Å². The molecule has 5 nitrogen and oxygen atoms in total. The molecule has 0 aliphatic carbocycles. The van der Waals surface area contributed by atoms with Crippen LogP contribution in [-0.4, -0.2) is 34.0 Å². The van der Waals surface area contributed by atoms with Gasteiger partial charge >= 0.3 is 0 Å². The van der Waals surface area contributed by atoms with Crippen molar-refractivity contribution in [2.45, 2.75) is 38.3 Å². The van der Waals surface area contributed by atoms with E-state index in [0.717, 1.165) is 44.2 Å². The summed E-state index contributed by atoms with van der Waals surface area (Å²) in [6, 6.07) is 2.45. The lowest BCUT2D eigenvalue weighted by atomic mass is 10.0. The number of ether oxygens (including phenoxy) is 1. The number of anilines is 1. The Morgan fingerprint density at radius 1 is 1.45 bits per heavy atom. The lowest BCUT2D eigenvalue weighted by Crippen LogP contribution is -2.32. The third-order valence-electron chi connectivity index (χ3n) is 4.13. The molecular formula is C14H18N4OS. The maximum absolute atomic E-state index is 5.86. The van der Waals surface area contributed by atoms with E-state index in [1.54, 1.807) is 11.3 Å². The van der Waals surface area contributed by atoms with Crippen molar-refractivity contribution in [2.75, 3.05) is 18.5 Å². The molecule has 1 saturated heterocycles. The Morgan fingerprint density at radius 3 is 3.15 bits per heavy atom. The quantitative estimate of drug-likeness (QED) is 0.924. The first-order chi connectivity index (χ1) is 9.83. The van der Waals surface area contributed by atoms with E-state index in [2.05, 4.69) is 28.7 Å². The van der Waals surface area contributed by atoms with Crippen LogP contribution in [0.1, 0.15) is 30.9 Å². The third-order valence-corrected chi connectivity index (χ3v) is 5.14. The summed E-state index contributed by atoms with van der Waals surface area (Å²) in [7, 11) is 0. The van der Waals surface area contributed by atoms with Crippen LogP contribution in [0.3, 0.4) is 0 Å². The second-order valence-electron chi connectivity index (χ2n) is 5.47. The number of thiophene rings is 1. The summed E-state index contributed by atoms with van der Waals surface area (Å²) in [5, 5.41) is 10.2. The number of fused-ring (bicyclic) bond motifs is 1. The van der Waals surface area contributed by atoms with Crippen LogP contribution in [0.25, 0.3) is 10.7 Å². The molecule has 106 valence electrons. The largest absolute Gasteiger partial charge is 0.376 e. The van der Waals surface area contributed by atoms with E-state index in [-0.39, 0.29) is 0 Å². The zero-order valence-electron chi connectivity index (χ0n) is 11.5. The van der Waals surface area contributed by atoms with Gasteiger partial charge in [0.25, 0.3) is 0 Å². The molecule has 4 heterocycles. The van der Waals surface area contributed by atoms with E-state index in [9.17, 15) is 0 Å². The molecule has 6 heteroatoms. The summed E-state index contributed by atoms with van der Waals surface area (Å²) in [6.45, 7) is 3.94. The predicted octanol–water partition coefficient (Wildman–Crippen LogP) is 2.85. The number of hydrogen-bond donors (Lipinski definition) is 1. The van der Waals surface area contributed by atoms with E-state index >= 15 is 0 Å². The monoisotopic (exact) mass is 290 g/mol. The fraction of sp³-hybridized carbons (Fsp3) is 0.571. The first kappa shape index (κ1) is 12.3. The molecule has 1 N–H and O–H groups in total. The van der Waals surface area contributed by atoms with Crippen LogP contribution in [0.4, 0.5) is 5.95 Å². The fourth-order valence-corrected chi connectivity index (χ4v) is 3.93. The fourth-order valence-electron chi connectivity index (χ4n) is 3.08. The van der Waals surface area contributed by atoms with Crippen LogP contribution in [0.2, 0.25) is 0 Å². The Labute approximate surface area is 122 Å². The number of hydrogen-bond acceptors (Lipinski definition) is 5. The molecule has 2 aliphatic rings. The van der Waals surface area contributed by atoms with Gasteiger partial charge in [-0.05, 0) is 43.2 Å². The maximum atomic E-state index is 5.86. The van der Waals surface area contributed by atoms with Gasteiger partial charge in [-0.3, -0.25) is 0 Å². The highest BCUT2D eigenvalue weighted by Gasteiger charge is 2.33. The molecule has 2 aromatic rings. The van der Waals surface area contributed by atoms with Crippen LogP contribution >= 0.6 is 11.3 Å². The molecule has 0 aromatic carbocycles. The van der Waals surface area contributed by atoms with Crippen LogP contribution in [0.15, 0.2) is 11.4 Å². The predicted molar refractivity (Wildman–Crippen MR) is 79.2 cm³/mol. The first-order valence-corrected chi connectivity index (χ1v) is 8.07. The third kappa shape index (κ3) is 1.94. The van der Waals surface area contributed by atoms with Gasteiger partial charge in [0.2, 0.25) is 5.95 Å². The van der Waals surface area contributed by atoms with Gasteiger partial charge in [-0.1, -0.05) is 0 Å². The zero-order chi connectivity index (χ0) is 13.5. The molecule has 2 aromatic heterocycles. The highest BCUT2D eigenvalue weighted by atomic mass is 32.1. The minimum Gasteiger partial charge on any atom is -0.376 e. The molecular weight excluding hydrogens is 272 g/mol. The van der Waals surface area contributed by atoms with Crippen molar-refractivity contribution in [1.29, 1.82) is 0 Å². The molecule has 0 bridgehead atoms. The SMILES string of the molecule is Cc1ccsc1-c1nc2n(n1)C(C1CCCO1)CCN2. The highest BCUT2D eigenvalue weighted by molar-refractivity contribution is 7.13. The average molecular weight is 290 g/mol. The number of aromatic nitrogens is 3. The van der Waals surface area contributed by atoms with Crippen LogP contribution < -0.4 is 5.32 Å². The summed E-state index contributed by atoms with van der Waals surface area (Å²) < 4.78 is 7.91. The highest BCUT2D eigenvalue weighted by Crippen LogP contribution is 2.34. The molecule has 2 atom stereocenters. The van der Waals surface area contributed by atoms with Crippen molar-refractivity contribution in [3.63, 3.8) is 0 Å². The molecule has 0 radical (unpaired) electrons. The van der Waals surface area contributed by atoms with Gasteiger partial charge in [-0.25, -0.2) is 4.68 Å². The average Bonchev–Trinajstić information content (AvgIpc) is 3.17. The Kier molecular flexibility index (Phi) is 3.00. The van der Waals surface area contributed by atoms with E-state index in [1.165, 1.54) is 10.4 Å². The molecule has 2 aliphatic heterocycles. The summed E-state index contributed by atoms with van der Waals surface area (Å²) >= 11 is 1.70. The number of nitrogens with one attached hydrogen (secondary N) is 1. The van der Waals surface area contributed by atoms with Crippen molar-refractivity contribution in [1.82, 2.24) is 14.8 Å². The summed E-state index contributed by atoms with van der Waals surface area (Å²) in [5.41, 5.74) is 1.24. The van der Waals surface area contributed by atoms with E-state index in [1.807, 2.05) is 4.68 Å². The smallest absolute Gasteiger partial charge is 0.222 e. The standard InChI is InChI=1S/C14H18N4OS/c1-9-5-8-20-12(9)13-16-14-15-6-4-10(18(14)17-13)11-3-2-7-19-11/h5,8,10-11H,2-4,6-7H2,1H3,(H,15,16,17). The van der Waals surface area contributed by atoms with Crippen molar-refractivity contribution in [2.24, 2.45) is 0 Å². The number of nitrogens with zero attached hydrogens (tertiary/aromatic N) is 3. The lowest BCUT2D eigenvalue weighted by Gasteiger charge is -2.28. The van der Waals surface area contributed by atoms with Crippen molar-refractivity contribution < 1.29 is 4.74 Å². The summed E-state index contributed by atoms with van der Waals surface area (Å²) in [5.74, 6) is 1.73. The van der Waals surface area contributed by atoms with Crippen molar-refractivity contribution in [3.8, 4) is 10.7 Å². The van der Waals surface area contributed by atoms with Gasteiger partial charge < -0.3 is 10.1 Å². The minimum absolute atomic E-state index is 0.301. The maximum Gasteiger partial charge on any atom is 0.222 e. The Balaban J connectivity index is 1.71. The van der Waals surface area contributed by atoms with Crippen LogP contribution in [0, 0.1) is 6.92 Å².